The molecule has 2 aromatic carbocycles. The Morgan fingerprint density at radius 1 is 1.00 bits per heavy atom. The topological polar surface area (TPSA) is 72.0 Å². The molecule has 164 valence electrons. The summed E-state index contributed by atoms with van der Waals surface area (Å²) in [6.45, 7) is 0.661. The number of methoxy groups -OCH3 is 2. The van der Waals surface area contributed by atoms with E-state index in [1.807, 2.05) is 0 Å². The van der Waals surface area contributed by atoms with E-state index in [4.69, 9.17) is 9.47 Å². The lowest BCUT2D eigenvalue weighted by atomic mass is 10.1. The molecule has 0 bridgehead atoms. The SMILES string of the molecule is CN=C(NCc1ccc(C(F)(F)F)cc1)NCc1ccc(OC)c(C(=O)OC)c1.I. The number of ether oxygens (including phenoxy) is 2. The number of nitrogens with one attached hydrogen (secondary N) is 2. The molecule has 2 N–H and O–H groups in total. The number of benzene rings is 2. The molecule has 30 heavy (non-hydrogen) atoms. The van der Waals surface area contributed by atoms with E-state index in [0.29, 0.717) is 35.9 Å². The Balaban J connectivity index is 0.00000450. The van der Waals surface area contributed by atoms with Gasteiger partial charge in [0.2, 0.25) is 0 Å². The van der Waals surface area contributed by atoms with Crippen LogP contribution in [-0.4, -0.2) is 33.2 Å². The molecule has 0 aliphatic rings. The summed E-state index contributed by atoms with van der Waals surface area (Å²) in [7, 11) is 4.34. The van der Waals surface area contributed by atoms with Crippen LogP contribution < -0.4 is 15.4 Å². The summed E-state index contributed by atoms with van der Waals surface area (Å²) in [6.07, 6.45) is -4.36. The Labute approximate surface area is 189 Å². The molecule has 2 aromatic rings. The van der Waals surface area contributed by atoms with Crippen molar-refractivity contribution in [1.82, 2.24) is 10.6 Å². The molecule has 0 atom stereocenters. The fraction of sp³-hybridized carbons (Fsp3) is 0.300. The number of hydrogen-bond acceptors (Lipinski definition) is 4. The van der Waals surface area contributed by atoms with Crippen LogP contribution in [0.1, 0.15) is 27.0 Å². The minimum Gasteiger partial charge on any atom is -0.496 e. The molecule has 0 unspecified atom stereocenters. The third kappa shape index (κ3) is 7.08. The van der Waals surface area contributed by atoms with Gasteiger partial charge in [-0.05, 0) is 35.4 Å². The Kier molecular flexibility index (Phi) is 9.90. The Morgan fingerprint density at radius 2 is 1.57 bits per heavy atom. The third-order valence-corrected chi connectivity index (χ3v) is 4.09. The zero-order valence-corrected chi connectivity index (χ0v) is 19.0. The van der Waals surface area contributed by atoms with Crippen molar-refractivity contribution in [3.8, 4) is 5.75 Å². The number of hydrogen-bond donors (Lipinski definition) is 2. The number of carbonyl (C=O) groups is 1. The highest BCUT2D eigenvalue weighted by molar-refractivity contribution is 14.0. The van der Waals surface area contributed by atoms with E-state index in [2.05, 4.69) is 15.6 Å². The second kappa shape index (κ2) is 11.6. The Hall–Kier alpha value is -2.50. The van der Waals surface area contributed by atoms with Crippen molar-refractivity contribution in [3.63, 3.8) is 0 Å². The molecule has 2 rings (SSSR count). The van der Waals surface area contributed by atoms with E-state index >= 15 is 0 Å². The van der Waals surface area contributed by atoms with Crippen LogP contribution in [-0.2, 0) is 24.0 Å². The molecule has 0 amide bonds. The fourth-order valence-electron chi connectivity index (χ4n) is 2.54. The van der Waals surface area contributed by atoms with Gasteiger partial charge in [0.1, 0.15) is 11.3 Å². The van der Waals surface area contributed by atoms with Crippen molar-refractivity contribution in [2.24, 2.45) is 4.99 Å². The van der Waals surface area contributed by atoms with E-state index in [9.17, 15) is 18.0 Å². The maximum Gasteiger partial charge on any atom is 0.416 e. The van der Waals surface area contributed by atoms with Crippen molar-refractivity contribution >= 4 is 35.9 Å². The van der Waals surface area contributed by atoms with Gasteiger partial charge in [-0.15, -0.1) is 24.0 Å². The predicted octanol–water partition coefficient (Wildman–Crippen LogP) is 3.98. The first-order valence-electron chi connectivity index (χ1n) is 8.64. The van der Waals surface area contributed by atoms with Gasteiger partial charge in [-0.1, -0.05) is 18.2 Å². The molecular formula is C20H23F3IN3O3. The monoisotopic (exact) mass is 537 g/mol. The van der Waals surface area contributed by atoms with Crippen LogP contribution in [0, 0.1) is 0 Å². The highest BCUT2D eigenvalue weighted by atomic mass is 127. The van der Waals surface area contributed by atoms with Gasteiger partial charge in [0, 0.05) is 20.1 Å². The lowest BCUT2D eigenvalue weighted by Gasteiger charge is -2.14. The molecule has 6 nitrogen and oxygen atoms in total. The first-order chi connectivity index (χ1) is 13.8. The van der Waals surface area contributed by atoms with Crippen LogP contribution in [0.25, 0.3) is 0 Å². The third-order valence-electron chi connectivity index (χ3n) is 4.09. The molecule has 0 aromatic heterocycles. The van der Waals surface area contributed by atoms with Crippen LogP contribution in [0.3, 0.4) is 0 Å². The van der Waals surface area contributed by atoms with E-state index in [1.165, 1.54) is 26.4 Å². The number of halogens is 4. The van der Waals surface area contributed by atoms with Gasteiger partial charge in [-0.2, -0.15) is 13.2 Å². The lowest BCUT2D eigenvalue weighted by molar-refractivity contribution is -0.137. The summed E-state index contributed by atoms with van der Waals surface area (Å²) < 4.78 is 47.8. The molecule has 0 spiro atoms. The van der Waals surface area contributed by atoms with E-state index < -0.39 is 17.7 Å². The molecular weight excluding hydrogens is 514 g/mol. The number of guanidine groups is 1. The quantitative estimate of drug-likeness (QED) is 0.253. The standard InChI is InChI=1S/C20H22F3N3O3.HI/c1-24-19(25-11-13-4-7-15(8-5-13)20(21,22)23)26-12-14-6-9-17(28-2)16(10-14)18(27)29-3;/h4-10H,11-12H2,1-3H3,(H2,24,25,26);1H. The predicted molar refractivity (Wildman–Crippen MR) is 118 cm³/mol. The summed E-state index contributed by atoms with van der Waals surface area (Å²) in [4.78, 5) is 15.9. The van der Waals surface area contributed by atoms with Gasteiger partial charge < -0.3 is 20.1 Å². The van der Waals surface area contributed by atoms with Crippen LogP contribution in [0.4, 0.5) is 13.2 Å². The maximum absolute atomic E-state index is 12.6. The van der Waals surface area contributed by atoms with E-state index in [0.717, 1.165) is 17.7 Å². The smallest absolute Gasteiger partial charge is 0.416 e. The van der Waals surface area contributed by atoms with Gasteiger partial charge >= 0.3 is 12.1 Å². The Bertz CT molecular complexity index is 872. The van der Waals surface area contributed by atoms with Gasteiger partial charge in [-0.25, -0.2) is 4.79 Å². The minimum absolute atomic E-state index is 0. The zero-order chi connectivity index (χ0) is 21.4. The van der Waals surface area contributed by atoms with Crippen LogP contribution >= 0.6 is 24.0 Å². The summed E-state index contributed by atoms with van der Waals surface area (Å²) in [6, 6.07) is 10.0. The number of aliphatic imine (C=N–C) groups is 1. The second-order valence-electron chi connectivity index (χ2n) is 6.00. The first kappa shape index (κ1) is 25.5. The summed E-state index contributed by atoms with van der Waals surface area (Å²) in [5.74, 6) is 0.360. The van der Waals surface area contributed by atoms with Crippen molar-refractivity contribution < 1.29 is 27.4 Å². The zero-order valence-electron chi connectivity index (χ0n) is 16.7. The highest BCUT2D eigenvalue weighted by Crippen LogP contribution is 2.29. The van der Waals surface area contributed by atoms with Gasteiger partial charge in [-0.3, -0.25) is 4.99 Å². The summed E-state index contributed by atoms with van der Waals surface area (Å²) in [5.41, 5.74) is 1.09. The summed E-state index contributed by atoms with van der Waals surface area (Å²) >= 11 is 0. The second-order valence-corrected chi connectivity index (χ2v) is 6.00. The molecule has 0 saturated carbocycles. The molecule has 0 saturated heterocycles. The van der Waals surface area contributed by atoms with Crippen molar-refractivity contribution in [1.29, 1.82) is 0 Å². The van der Waals surface area contributed by atoms with Crippen molar-refractivity contribution in [3.05, 3.63) is 64.7 Å². The number of carbonyl (C=O) groups excluding carboxylic acids is 1. The number of nitrogens with zero attached hydrogens (tertiary/aromatic N) is 1. The number of esters is 1. The van der Waals surface area contributed by atoms with Crippen LogP contribution in [0.2, 0.25) is 0 Å². The average molecular weight is 537 g/mol. The molecule has 10 heteroatoms. The molecule has 0 aliphatic carbocycles. The van der Waals surface area contributed by atoms with Crippen molar-refractivity contribution in [2.45, 2.75) is 19.3 Å². The van der Waals surface area contributed by atoms with Gasteiger partial charge in [0.15, 0.2) is 5.96 Å². The fourth-order valence-corrected chi connectivity index (χ4v) is 2.54. The highest BCUT2D eigenvalue weighted by Gasteiger charge is 2.29. The Morgan fingerprint density at radius 3 is 2.07 bits per heavy atom. The minimum atomic E-state index is -4.36. The van der Waals surface area contributed by atoms with Crippen LogP contribution in [0.5, 0.6) is 5.75 Å². The van der Waals surface area contributed by atoms with Gasteiger partial charge in [0.05, 0.1) is 19.8 Å². The van der Waals surface area contributed by atoms with E-state index in [-0.39, 0.29) is 24.0 Å². The normalized spacial score (nSPS) is 11.3. The number of alkyl halides is 3. The summed E-state index contributed by atoms with van der Waals surface area (Å²) in [5, 5.41) is 6.11. The van der Waals surface area contributed by atoms with Crippen molar-refractivity contribution in [2.75, 3.05) is 21.3 Å². The maximum atomic E-state index is 12.6. The van der Waals surface area contributed by atoms with E-state index in [1.54, 1.807) is 25.2 Å². The largest absolute Gasteiger partial charge is 0.496 e. The van der Waals surface area contributed by atoms with Crippen LogP contribution in [0.15, 0.2) is 47.5 Å². The number of rotatable bonds is 6. The lowest BCUT2D eigenvalue weighted by Crippen LogP contribution is -2.36. The average Bonchev–Trinajstić information content (AvgIpc) is 2.72. The molecule has 0 heterocycles. The molecule has 0 radical (unpaired) electrons. The molecule has 0 aliphatic heterocycles. The first-order valence-corrected chi connectivity index (χ1v) is 8.64. The van der Waals surface area contributed by atoms with Gasteiger partial charge in [0.25, 0.3) is 0 Å². The molecule has 0 fully saturated rings.